The van der Waals surface area contributed by atoms with Gasteiger partial charge in [-0.05, 0) is 39.3 Å². The minimum atomic E-state index is 0.133. The van der Waals surface area contributed by atoms with Crippen molar-refractivity contribution >= 4 is 5.69 Å². The summed E-state index contributed by atoms with van der Waals surface area (Å²) in [6, 6.07) is 3.88. The van der Waals surface area contributed by atoms with Crippen molar-refractivity contribution in [2.24, 2.45) is 0 Å². The van der Waals surface area contributed by atoms with Crippen LogP contribution in [0.1, 0.15) is 27.2 Å². The van der Waals surface area contributed by atoms with Crippen molar-refractivity contribution in [1.29, 1.82) is 0 Å². The van der Waals surface area contributed by atoms with E-state index in [1.807, 2.05) is 32.9 Å². The summed E-state index contributed by atoms with van der Waals surface area (Å²) < 4.78 is 10.9. The van der Waals surface area contributed by atoms with Crippen LogP contribution >= 0.6 is 0 Å². The average Bonchev–Trinajstić information content (AvgIpc) is 2.30. The summed E-state index contributed by atoms with van der Waals surface area (Å²) in [5.74, 6) is 0.666. The molecule has 0 aliphatic carbocycles. The maximum atomic E-state index is 5.62. The van der Waals surface area contributed by atoms with Crippen LogP contribution in [0.3, 0.4) is 0 Å². The Bertz CT molecular complexity index is 316. The lowest BCUT2D eigenvalue weighted by molar-refractivity contribution is 0.147. The predicted molar refractivity (Wildman–Crippen MR) is 69.6 cm³/mol. The zero-order valence-corrected chi connectivity index (χ0v) is 10.9. The van der Waals surface area contributed by atoms with Crippen molar-refractivity contribution in [3.8, 4) is 5.88 Å². The number of aromatic nitrogens is 1. The van der Waals surface area contributed by atoms with E-state index in [-0.39, 0.29) is 6.10 Å². The minimum absolute atomic E-state index is 0.133. The highest BCUT2D eigenvalue weighted by Crippen LogP contribution is 2.21. The number of anilines is 1. The fourth-order valence-electron chi connectivity index (χ4n) is 1.38. The molecule has 0 spiro atoms. The number of ether oxygens (including phenoxy) is 2. The maximum absolute atomic E-state index is 5.62. The molecule has 0 aliphatic heterocycles. The molecule has 0 unspecified atom stereocenters. The summed E-state index contributed by atoms with van der Waals surface area (Å²) in [5, 5.41) is 3.31. The summed E-state index contributed by atoms with van der Waals surface area (Å²) in [5.41, 5.74) is 0.942. The summed E-state index contributed by atoms with van der Waals surface area (Å²) in [6.45, 7) is 8.41. The van der Waals surface area contributed by atoms with E-state index in [0.29, 0.717) is 5.88 Å². The molecule has 1 aromatic rings. The van der Waals surface area contributed by atoms with Crippen LogP contribution in [0.15, 0.2) is 18.3 Å². The molecule has 0 amide bonds. The van der Waals surface area contributed by atoms with Crippen LogP contribution < -0.4 is 10.1 Å². The molecular formula is C13H22N2O2. The highest BCUT2D eigenvalue weighted by atomic mass is 16.5. The van der Waals surface area contributed by atoms with Crippen molar-refractivity contribution < 1.29 is 9.47 Å². The monoisotopic (exact) mass is 238 g/mol. The molecule has 0 saturated heterocycles. The number of pyridine rings is 1. The molecule has 0 aliphatic rings. The lowest BCUT2D eigenvalue weighted by Crippen LogP contribution is -2.11. The van der Waals surface area contributed by atoms with Crippen LogP contribution in [0.4, 0.5) is 5.69 Å². The standard InChI is InChI=1S/C13H22N2O2/c1-4-16-10-6-9-14-12-7-5-8-15-13(12)17-11(2)3/h5,7-8,11,14H,4,6,9-10H2,1-3H3. The van der Waals surface area contributed by atoms with Gasteiger partial charge in [0.2, 0.25) is 5.88 Å². The third-order valence-corrected chi connectivity index (χ3v) is 2.10. The molecule has 0 radical (unpaired) electrons. The van der Waals surface area contributed by atoms with Gasteiger partial charge in [-0.3, -0.25) is 0 Å². The molecule has 0 bridgehead atoms. The fourth-order valence-corrected chi connectivity index (χ4v) is 1.38. The zero-order valence-electron chi connectivity index (χ0n) is 10.9. The first-order chi connectivity index (χ1) is 8.24. The Morgan fingerprint density at radius 3 is 2.94 bits per heavy atom. The van der Waals surface area contributed by atoms with Gasteiger partial charge in [0, 0.05) is 26.0 Å². The topological polar surface area (TPSA) is 43.4 Å². The molecule has 0 aromatic carbocycles. The third kappa shape index (κ3) is 5.54. The Labute approximate surface area is 103 Å². The lowest BCUT2D eigenvalue weighted by atomic mass is 10.3. The van der Waals surface area contributed by atoms with Crippen molar-refractivity contribution in [3.05, 3.63) is 18.3 Å². The zero-order chi connectivity index (χ0) is 12.5. The highest BCUT2D eigenvalue weighted by Gasteiger charge is 2.05. The van der Waals surface area contributed by atoms with Gasteiger partial charge in [-0.15, -0.1) is 0 Å². The molecular weight excluding hydrogens is 216 g/mol. The lowest BCUT2D eigenvalue weighted by Gasteiger charge is -2.14. The van der Waals surface area contributed by atoms with Crippen LogP contribution in [0.5, 0.6) is 5.88 Å². The highest BCUT2D eigenvalue weighted by molar-refractivity contribution is 5.51. The van der Waals surface area contributed by atoms with Gasteiger partial charge in [0.15, 0.2) is 0 Å². The van der Waals surface area contributed by atoms with E-state index in [9.17, 15) is 0 Å². The van der Waals surface area contributed by atoms with Crippen molar-refractivity contribution in [2.45, 2.75) is 33.3 Å². The number of rotatable bonds is 8. The number of hydrogen-bond donors (Lipinski definition) is 1. The number of hydrogen-bond acceptors (Lipinski definition) is 4. The summed E-state index contributed by atoms with van der Waals surface area (Å²) in [7, 11) is 0. The normalized spacial score (nSPS) is 10.6. The van der Waals surface area contributed by atoms with Crippen molar-refractivity contribution in [1.82, 2.24) is 4.98 Å². The van der Waals surface area contributed by atoms with Crippen LogP contribution in [0.25, 0.3) is 0 Å². The Morgan fingerprint density at radius 2 is 2.24 bits per heavy atom. The van der Waals surface area contributed by atoms with E-state index in [2.05, 4.69) is 10.3 Å². The SMILES string of the molecule is CCOCCCNc1cccnc1OC(C)C. The molecule has 1 rings (SSSR count). The van der Waals surface area contributed by atoms with Gasteiger partial charge < -0.3 is 14.8 Å². The molecule has 1 heterocycles. The Morgan fingerprint density at radius 1 is 1.41 bits per heavy atom. The van der Waals surface area contributed by atoms with Crippen molar-refractivity contribution in [2.75, 3.05) is 25.1 Å². The second-order valence-electron chi connectivity index (χ2n) is 4.00. The first-order valence-corrected chi connectivity index (χ1v) is 6.17. The van der Waals surface area contributed by atoms with E-state index in [1.54, 1.807) is 6.20 Å². The average molecular weight is 238 g/mol. The molecule has 4 nitrogen and oxygen atoms in total. The molecule has 17 heavy (non-hydrogen) atoms. The van der Waals surface area contributed by atoms with Gasteiger partial charge in [0.1, 0.15) is 0 Å². The molecule has 4 heteroatoms. The second-order valence-corrected chi connectivity index (χ2v) is 4.00. The number of nitrogens with zero attached hydrogens (tertiary/aromatic N) is 1. The second kappa shape index (κ2) is 7.90. The third-order valence-electron chi connectivity index (χ3n) is 2.10. The van der Waals surface area contributed by atoms with Gasteiger partial charge in [-0.1, -0.05) is 0 Å². The molecule has 1 N–H and O–H groups in total. The van der Waals surface area contributed by atoms with Gasteiger partial charge in [0.25, 0.3) is 0 Å². The van der Waals surface area contributed by atoms with E-state index in [4.69, 9.17) is 9.47 Å². The van der Waals surface area contributed by atoms with Crippen LogP contribution in [-0.4, -0.2) is 30.8 Å². The smallest absolute Gasteiger partial charge is 0.237 e. The number of nitrogens with one attached hydrogen (secondary N) is 1. The Balaban J connectivity index is 2.40. The maximum Gasteiger partial charge on any atom is 0.237 e. The van der Waals surface area contributed by atoms with Gasteiger partial charge in [-0.2, -0.15) is 0 Å². The molecule has 0 atom stereocenters. The van der Waals surface area contributed by atoms with Crippen LogP contribution in [0, 0.1) is 0 Å². The van der Waals surface area contributed by atoms with E-state index >= 15 is 0 Å². The van der Waals surface area contributed by atoms with Gasteiger partial charge in [-0.25, -0.2) is 4.98 Å². The first-order valence-electron chi connectivity index (χ1n) is 6.17. The Kier molecular flexibility index (Phi) is 6.40. The largest absolute Gasteiger partial charge is 0.473 e. The van der Waals surface area contributed by atoms with E-state index in [1.165, 1.54) is 0 Å². The van der Waals surface area contributed by atoms with Crippen LogP contribution in [0.2, 0.25) is 0 Å². The summed E-state index contributed by atoms with van der Waals surface area (Å²) in [4.78, 5) is 4.22. The molecule has 96 valence electrons. The van der Waals surface area contributed by atoms with E-state index in [0.717, 1.165) is 31.9 Å². The van der Waals surface area contributed by atoms with E-state index < -0.39 is 0 Å². The predicted octanol–water partition coefficient (Wildman–Crippen LogP) is 2.71. The Hall–Kier alpha value is -1.29. The fraction of sp³-hybridized carbons (Fsp3) is 0.615. The van der Waals surface area contributed by atoms with Gasteiger partial charge in [0.05, 0.1) is 11.8 Å². The molecule has 1 aromatic heterocycles. The molecule has 0 fully saturated rings. The summed E-state index contributed by atoms with van der Waals surface area (Å²) in [6.07, 6.45) is 2.85. The van der Waals surface area contributed by atoms with Crippen molar-refractivity contribution in [3.63, 3.8) is 0 Å². The molecule has 0 saturated carbocycles. The van der Waals surface area contributed by atoms with Crippen LogP contribution in [-0.2, 0) is 4.74 Å². The quantitative estimate of drug-likeness (QED) is 0.707. The first kappa shape index (κ1) is 13.8. The summed E-state index contributed by atoms with van der Waals surface area (Å²) >= 11 is 0. The van der Waals surface area contributed by atoms with Gasteiger partial charge >= 0.3 is 0 Å². The minimum Gasteiger partial charge on any atom is -0.473 e.